The van der Waals surface area contributed by atoms with Gasteiger partial charge in [-0.3, -0.25) is 4.79 Å². The molecule has 2 nitrogen and oxygen atoms in total. The maximum absolute atomic E-state index is 11.4. The lowest BCUT2D eigenvalue weighted by atomic mass is 10.1. The van der Waals surface area contributed by atoms with Gasteiger partial charge >= 0.3 is 0 Å². The molecule has 1 N–H and O–H groups in total. The van der Waals surface area contributed by atoms with Crippen molar-refractivity contribution in [1.82, 2.24) is 5.32 Å². The fourth-order valence-corrected chi connectivity index (χ4v) is 1.43. The first kappa shape index (κ1) is 12.0. The fourth-order valence-electron chi connectivity index (χ4n) is 1.24. The Morgan fingerprint density at radius 3 is 2.73 bits per heavy atom. The van der Waals surface area contributed by atoms with Crippen LogP contribution in [0.3, 0.4) is 0 Å². The predicted molar refractivity (Wildman–Crippen MR) is 65.9 cm³/mol. The van der Waals surface area contributed by atoms with Gasteiger partial charge in [0.05, 0.1) is 6.04 Å². The fraction of sp³-hybridized carbons (Fsp3) is 0.250. The van der Waals surface area contributed by atoms with Crippen LogP contribution in [0.5, 0.6) is 0 Å². The summed E-state index contributed by atoms with van der Waals surface area (Å²) < 4.78 is 0. The van der Waals surface area contributed by atoms with Crippen molar-refractivity contribution in [3.63, 3.8) is 0 Å². The summed E-state index contributed by atoms with van der Waals surface area (Å²) in [6.07, 6.45) is 3.31. The molecule has 1 aromatic rings. The highest BCUT2D eigenvalue weighted by Crippen LogP contribution is 2.10. The van der Waals surface area contributed by atoms with Gasteiger partial charge in [-0.15, -0.1) is 0 Å². The molecule has 0 unspecified atom stereocenters. The third-order valence-electron chi connectivity index (χ3n) is 2.02. The van der Waals surface area contributed by atoms with E-state index in [4.69, 9.17) is 0 Å². The maximum Gasteiger partial charge on any atom is 0.244 e. The Labute approximate surface area is 98.5 Å². The van der Waals surface area contributed by atoms with Crippen LogP contribution in [-0.2, 0) is 4.79 Å². The van der Waals surface area contributed by atoms with Gasteiger partial charge < -0.3 is 5.32 Å². The zero-order valence-corrected chi connectivity index (χ0v) is 10.2. The Bertz CT molecular complexity index is 335. The Balaban J connectivity index is 2.53. The van der Waals surface area contributed by atoms with E-state index in [1.165, 1.54) is 6.08 Å². The quantitative estimate of drug-likeness (QED) is 0.660. The molecule has 1 aromatic carbocycles. The molecule has 0 spiro atoms. The van der Waals surface area contributed by atoms with Gasteiger partial charge in [-0.2, -0.15) is 0 Å². The van der Waals surface area contributed by atoms with Crippen molar-refractivity contribution < 1.29 is 4.79 Å². The first-order chi connectivity index (χ1) is 7.24. The largest absolute Gasteiger partial charge is 0.346 e. The second kappa shape index (κ2) is 6.40. The molecule has 1 atom stereocenters. The number of benzene rings is 1. The predicted octanol–water partition coefficient (Wildman–Crippen LogP) is 2.81. The molecule has 0 saturated heterocycles. The van der Waals surface area contributed by atoms with Crippen LogP contribution in [0.15, 0.2) is 42.5 Å². The molecular formula is C12H14BrNO. The number of allylic oxidation sites excluding steroid dienone is 1. The number of amides is 1. The van der Waals surface area contributed by atoms with Crippen LogP contribution in [0, 0.1) is 0 Å². The Morgan fingerprint density at radius 2 is 2.13 bits per heavy atom. The number of hydrogen-bond donors (Lipinski definition) is 1. The van der Waals surface area contributed by atoms with Crippen molar-refractivity contribution in [1.29, 1.82) is 0 Å². The van der Waals surface area contributed by atoms with E-state index in [0.717, 1.165) is 5.56 Å². The zero-order chi connectivity index (χ0) is 11.1. The monoisotopic (exact) mass is 267 g/mol. The number of alkyl halides is 1. The average Bonchev–Trinajstić information content (AvgIpc) is 2.27. The molecule has 0 aliphatic heterocycles. The summed E-state index contributed by atoms with van der Waals surface area (Å²) in [5.74, 6) is -0.0641. The normalized spacial score (nSPS) is 12.7. The van der Waals surface area contributed by atoms with E-state index in [1.807, 2.05) is 37.3 Å². The van der Waals surface area contributed by atoms with Gasteiger partial charge in [-0.1, -0.05) is 52.3 Å². The SMILES string of the molecule is C[C@H](NC(=O)/C=C/CBr)c1ccccc1. The molecule has 0 radical (unpaired) electrons. The van der Waals surface area contributed by atoms with Gasteiger partial charge in [0, 0.05) is 5.33 Å². The van der Waals surface area contributed by atoms with Crippen LogP contribution in [-0.4, -0.2) is 11.2 Å². The van der Waals surface area contributed by atoms with E-state index >= 15 is 0 Å². The summed E-state index contributed by atoms with van der Waals surface area (Å²) >= 11 is 3.22. The smallest absolute Gasteiger partial charge is 0.244 e. The van der Waals surface area contributed by atoms with E-state index in [1.54, 1.807) is 6.08 Å². The molecule has 0 aromatic heterocycles. The lowest BCUT2D eigenvalue weighted by Crippen LogP contribution is -2.24. The van der Waals surface area contributed by atoms with Gasteiger partial charge in [0.15, 0.2) is 0 Å². The minimum Gasteiger partial charge on any atom is -0.346 e. The van der Waals surface area contributed by atoms with Crippen LogP contribution in [0.4, 0.5) is 0 Å². The third kappa shape index (κ3) is 4.30. The molecule has 0 heterocycles. The van der Waals surface area contributed by atoms with Gasteiger partial charge in [0.1, 0.15) is 0 Å². The van der Waals surface area contributed by atoms with Crippen molar-refractivity contribution >= 4 is 21.8 Å². The number of rotatable bonds is 4. The molecular weight excluding hydrogens is 254 g/mol. The number of carbonyl (C=O) groups is 1. The topological polar surface area (TPSA) is 29.1 Å². The van der Waals surface area contributed by atoms with Crippen molar-refractivity contribution in [3.05, 3.63) is 48.0 Å². The van der Waals surface area contributed by atoms with Gasteiger partial charge in [-0.25, -0.2) is 0 Å². The van der Waals surface area contributed by atoms with E-state index in [0.29, 0.717) is 5.33 Å². The Morgan fingerprint density at radius 1 is 1.47 bits per heavy atom. The number of carbonyl (C=O) groups excluding carboxylic acids is 1. The molecule has 1 amide bonds. The van der Waals surface area contributed by atoms with Crippen molar-refractivity contribution in [2.24, 2.45) is 0 Å². The second-order valence-corrected chi connectivity index (χ2v) is 3.85. The lowest BCUT2D eigenvalue weighted by Gasteiger charge is -2.12. The van der Waals surface area contributed by atoms with Crippen LogP contribution in [0.2, 0.25) is 0 Å². The van der Waals surface area contributed by atoms with Crippen molar-refractivity contribution in [2.45, 2.75) is 13.0 Å². The second-order valence-electron chi connectivity index (χ2n) is 3.20. The number of halogens is 1. The van der Waals surface area contributed by atoms with Gasteiger partial charge in [-0.05, 0) is 18.6 Å². The van der Waals surface area contributed by atoms with Gasteiger partial charge in [0.25, 0.3) is 0 Å². The van der Waals surface area contributed by atoms with Crippen molar-refractivity contribution in [2.75, 3.05) is 5.33 Å². The molecule has 80 valence electrons. The first-order valence-corrected chi connectivity index (χ1v) is 5.94. The summed E-state index contributed by atoms with van der Waals surface area (Å²) in [5.41, 5.74) is 1.11. The molecule has 3 heteroatoms. The number of hydrogen-bond acceptors (Lipinski definition) is 1. The Hall–Kier alpha value is -1.09. The van der Waals surface area contributed by atoms with E-state index in [-0.39, 0.29) is 11.9 Å². The molecule has 0 fully saturated rings. The highest BCUT2D eigenvalue weighted by molar-refractivity contribution is 9.09. The third-order valence-corrected chi connectivity index (χ3v) is 2.39. The molecule has 15 heavy (non-hydrogen) atoms. The zero-order valence-electron chi connectivity index (χ0n) is 8.61. The van der Waals surface area contributed by atoms with Crippen LogP contribution >= 0.6 is 15.9 Å². The molecule has 0 aliphatic carbocycles. The highest BCUT2D eigenvalue weighted by atomic mass is 79.9. The van der Waals surface area contributed by atoms with Crippen LogP contribution < -0.4 is 5.32 Å². The summed E-state index contributed by atoms with van der Waals surface area (Å²) in [6, 6.07) is 9.93. The van der Waals surface area contributed by atoms with E-state index in [9.17, 15) is 4.79 Å². The highest BCUT2D eigenvalue weighted by Gasteiger charge is 2.05. The van der Waals surface area contributed by atoms with E-state index < -0.39 is 0 Å². The average molecular weight is 268 g/mol. The molecule has 1 rings (SSSR count). The molecule has 0 saturated carbocycles. The minimum atomic E-state index is -0.0641. The first-order valence-electron chi connectivity index (χ1n) is 4.82. The molecule has 0 aliphatic rings. The van der Waals surface area contributed by atoms with Gasteiger partial charge in [0.2, 0.25) is 5.91 Å². The molecule has 0 bridgehead atoms. The summed E-state index contributed by atoms with van der Waals surface area (Å²) in [4.78, 5) is 11.4. The van der Waals surface area contributed by atoms with Crippen LogP contribution in [0.1, 0.15) is 18.5 Å². The van der Waals surface area contributed by atoms with Crippen LogP contribution in [0.25, 0.3) is 0 Å². The summed E-state index contributed by atoms with van der Waals surface area (Å²) in [6.45, 7) is 1.97. The number of nitrogens with one attached hydrogen (secondary N) is 1. The minimum absolute atomic E-state index is 0.0404. The maximum atomic E-state index is 11.4. The Kier molecular flexibility index (Phi) is 5.12. The summed E-state index contributed by atoms with van der Waals surface area (Å²) in [5, 5.41) is 3.58. The van der Waals surface area contributed by atoms with E-state index in [2.05, 4.69) is 21.2 Å². The lowest BCUT2D eigenvalue weighted by molar-refractivity contribution is -0.117. The summed E-state index contributed by atoms with van der Waals surface area (Å²) in [7, 11) is 0. The van der Waals surface area contributed by atoms with Crippen molar-refractivity contribution in [3.8, 4) is 0 Å². The standard InChI is InChI=1S/C12H14BrNO/c1-10(11-6-3-2-4-7-11)14-12(15)8-5-9-13/h2-8,10H,9H2,1H3,(H,14,15)/b8-5+/t10-/m0/s1.